The Kier molecular flexibility index (Phi) is 4.03. The Hall–Kier alpha value is -2.63. The molecule has 0 radical (unpaired) electrons. The molecule has 0 saturated carbocycles. The molecule has 130 valence electrons. The van der Waals surface area contributed by atoms with Crippen molar-refractivity contribution in [3.05, 3.63) is 47.5 Å². The van der Waals surface area contributed by atoms with Gasteiger partial charge in [0.2, 0.25) is 11.8 Å². The molecular formula is C19H22N4O2. The fourth-order valence-corrected chi connectivity index (χ4v) is 3.72. The second kappa shape index (κ2) is 6.35. The smallest absolute Gasteiger partial charge is 0.229 e. The van der Waals surface area contributed by atoms with Gasteiger partial charge in [0.05, 0.1) is 18.1 Å². The Morgan fingerprint density at radius 1 is 1.28 bits per heavy atom. The van der Waals surface area contributed by atoms with Crippen LogP contribution in [-0.2, 0) is 22.4 Å². The Morgan fingerprint density at radius 2 is 2.08 bits per heavy atom. The van der Waals surface area contributed by atoms with Crippen molar-refractivity contribution in [2.75, 3.05) is 11.4 Å². The third-order valence-corrected chi connectivity index (χ3v) is 5.18. The molecule has 1 aliphatic carbocycles. The predicted octanol–water partition coefficient (Wildman–Crippen LogP) is 1.74. The Bertz CT molecular complexity index is 796. The summed E-state index contributed by atoms with van der Waals surface area (Å²) in [7, 11) is 0. The highest BCUT2D eigenvalue weighted by molar-refractivity contribution is 5.97. The number of aromatic amines is 1. The first kappa shape index (κ1) is 15.9. The van der Waals surface area contributed by atoms with E-state index in [-0.39, 0.29) is 23.8 Å². The molecular weight excluding hydrogens is 316 g/mol. The minimum atomic E-state index is -0.121. The van der Waals surface area contributed by atoms with Crippen LogP contribution < -0.4 is 10.2 Å². The van der Waals surface area contributed by atoms with Crippen molar-refractivity contribution >= 4 is 17.5 Å². The van der Waals surface area contributed by atoms with Crippen LogP contribution in [-0.4, -0.2) is 34.4 Å². The van der Waals surface area contributed by atoms with Crippen molar-refractivity contribution in [3.63, 3.8) is 0 Å². The van der Waals surface area contributed by atoms with Crippen LogP contribution in [0.25, 0.3) is 0 Å². The largest absolute Gasteiger partial charge is 0.351 e. The lowest BCUT2D eigenvalue weighted by molar-refractivity contribution is -0.126. The van der Waals surface area contributed by atoms with Crippen molar-refractivity contribution in [2.45, 2.75) is 38.6 Å². The van der Waals surface area contributed by atoms with E-state index in [0.29, 0.717) is 19.4 Å². The maximum atomic E-state index is 12.6. The molecule has 1 saturated heterocycles. The maximum absolute atomic E-state index is 12.6. The number of aromatic nitrogens is 2. The maximum Gasteiger partial charge on any atom is 0.229 e. The molecule has 2 heterocycles. The molecule has 1 aromatic carbocycles. The van der Waals surface area contributed by atoms with E-state index in [4.69, 9.17) is 0 Å². The molecule has 1 aromatic heterocycles. The zero-order chi connectivity index (χ0) is 17.4. The molecule has 0 unspecified atom stereocenters. The quantitative estimate of drug-likeness (QED) is 0.895. The predicted molar refractivity (Wildman–Crippen MR) is 94.2 cm³/mol. The highest BCUT2D eigenvalue weighted by atomic mass is 16.2. The van der Waals surface area contributed by atoms with Crippen molar-refractivity contribution < 1.29 is 9.59 Å². The zero-order valence-electron chi connectivity index (χ0n) is 14.3. The number of nitrogens with zero attached hydrogens (tertiary/aromatic N) is 2. The van der Waals surface area contributed by atoms with Gasteiger partial charge < -0.3 is 15.2 Å². The molecule has 2 amide bonds. The molecule has 2 atom stereocenters. The van der Waals surface area contributed by atoms with E-state index in [0.717, 1.165) is 35.5 Å². The number of hydrogen-bond acceptors (Lipinski definition) is 3. The van der Waals surface area contributed by atoms with Gasteiger partial charge in [0.25, 0.3) is 0 Å². The van der Waals surface area contributed by atoms with Gasteiger partial charge in [-0.05, 0) is 31.9 Å². The van der Waals surface area contributed by atoms with Crippen LogP contribution >= 0.6 is 0 Å². The number of hydrogen-bond donors (Lipinski definition) is 2. The van der Waals surface area contributed by atoms with Gasteiger partial charge in [-0.1, -0.05) is 17.7 Å². The number of amides is 2. The molecule has 2 aromatic rings. The highest BCUT2D eigenvalue weighted by Crippen LogP contribution is 2.25. The fourth-order valence-electron chi connectivity index (χ4n) is 3.72. The fraction of sp³-hybridized carbons (Fsp3) is 0.421. The van der Waals surface area contributed by atoms with E-state index in [1.54, 1.807) is 11.2 Å². The van der Waals surface area contributed by atoms with Gasteiger partial charge in [-0.3, -0.25) is 9.59 Å². The van der Waals surface area contributed by atoms with Crippen molar-refractivity contribution in [3.8, 4) is 0 Å². The van der Waals surface area contributed by atoms with Gasteiger partial charge in [-0.2, -0.15) is 0 Å². The third kappa shape index (κ3) is 3.16. The standard InChI is InChI=1S/C19H22N4O2/c1-12-2-5-15(6-3-12)23-10-14(9-18(23)24)22-19(25)13-4-7-16-17(8-13)21-11-20-16/h2-3,5-6,11,13-14H,4,7-10H2,1H3,(H,20,21)(H,22,25)/t13-,14-/m1/s1. The van der Waals surface area contributed by atoms with Crippen LogP contribution in [0.1, 0.15) is 29.8 Å². The number of anilines is 1. The number of aryl methyl sites for hydroxylation is 2. The van der Waals surface area contributed by atoms with Crippen molar-refractivity contribution in [2.24, 2.45) is 5.92 Å². The van der Waals surface area contributed by atoms with Crippen LogP contribution in [0.4, 0.5) is 5.69 Å². The summed E-state index contributed by atoms with van der Waals surface area (Å²) in [6.45, 7) is 2.56. The van der Waals surface area contributed by atoms with Gasteiger partial charge in [-0.25, -0.2) is 4.98 Å². The first-order chi connectivity index (χ1) is 12.1. The summed E-state index contributed by atoms with van der Waals surface area (Å²) < 4.78 is 0. The minimum Gasteiger partial charge on any atom is -0.351 e. The molecule has 2 aliphatic rings. The minimum absolute atomic E-state index is 0.0449. The summed E-state index contributed by atoms with van der Waals surface area (Å²) >= 11 is 0. The molecule has 1 aliphatic heterocycles. The molecule has 6 heteroatoms. The number of nitrogens with one attached hydrogen (secondary N) is 2. The summed E-state index contributed by atoms with van der Waals surface area (Å²) in [6.07, 6.45) is 4.40. The van der Waals surface area contributed by atoms with Crippen LogP contribution in [0.2, 0.25) is 0 Å². The number of imidazole rings is 1. The second-order valence-electron chi connectivity index (χ2n) is 7.02. The molecule has 0 spiro atoms. The lowest BCUT2D eigenvalue weighted by atomic mass is 9.89. The summed E-state index contributed by atoms with van der Waals surface area (Å²) in [5.74, 6) is 0.0638. The van der Waals surface area contributed by atoms with Crippen LogP contribution in [0.3, 0.4) is 0 Å². The lowest BCUT2D eigenvalue weighted by Crippen LogP contribution is -2.42. The molecule has 1 fully saturated rings. The molecule has 0 bridgehead atoms. The van der Waals surface area contributed by atoms with Gasteiger partial charge in [-0.15, -0.1) is 0 Å². The monoisotopic (exact) mass is 338 g/mol. The van der Waals surface area contributed by atoms with Gasteiger partial charge in [0, 0.05) is 36.7 Å². The molecule has 4 rings (SSSR count). The molecule has 2 N–H and O–H groups in total. The molecule has 6 nitrogen and oxygen atoms in total. The average molecular weight is 338 g/mol. The molecule has 25 heavy (non-hydrogen) atoms. The SMILES string of the molecule is Cc1ccc(N2C[C@H](NC(=O)[C@@H]3CCc4nc[nH]c4C3)CC2=O)cc1. The Balaban J connectivity index is 1.38. The number of H-pyrrole nitrogens is 1. The number of carbonyl (C=O) groups excluding carboxylic acids is 2. The second-order valence-corrected chi connectivity index (χ2v) is 7.02. The van der Waals surface area contributed by atoms with E-state index in [1.165, 1.54) is 0 Å². The van der Waals surface area contributed by atoms with E-state index in [1.807, 2.05) is 31.2 Å². The number of fused-ring (bicyclic) bond motifs is 1. The van der Waals surface area contributed by atoms with Crippen molar-refractivity contribution in [1.29, 1.82) is 0 Å². The summed E-state index contributed by atoms with van der Waals surface area (Å²) in [6, 6.07) is 7.79. The zero-order valence-corrected chi connectivity index (χ0v) is 14.3. The highest BCUT2D eigenvalue weighted by Gasteiger charge is 2.34. The summed E-state index contributed by atoms with van der Waals surface area (Å²) in [5.41, 5.74) is 4.20. The van der Waals surface area contributed by atoms with Gasteiger partial charge >= 0.3 is 0 Å². The summed E-state index contributed by atoms with van der Waals surface area (Å²) in [5, 5.41) is 3.08. The van der Waals surface area contributed by atoms with Gasteiger partial charge in [0.1, 0.15) is 0 Å². The normalized spacial score (nSPS) is 22.8. The number of carbonyl (C=O) groups is 2. The van der Waals surface area contributed by atoms with Crippen LogP contribution in [0.15, 0.2) is 30.6 Å². The third-order valence-electron chi connectivity index (χ3n) is 5.18. The van der Waals surface area contributed by atoms with E-state index >= 15 is 0 Å². The first-order valence-corrected chi connectivity index (χ1v) is 8.78. The lowest BCUT2D eigenvalue weighted by Gasteiger charge is -2.23. The topological polar surface area (TPSA) is 78.1 Å². The Morgan fingerprint density at radius 3 is 2.88 bits per heavy atom. The van der Waals surface area contributed by atoms with E-state index < -0.39 is 0 Å². The van der Waals surface area contributed by atoms with E-state index in [9.17, 15) is 9.59 Å². The van der Waals surface area contributed by atoms with Crippen molar-refractivity contribution in [1.82, 2.24) is 15.3 Å². The first-order valence-electron chi connectivity index (χ1n) is 8.78. The van der Waals surface area contributed by atoms with E-state index in [2.05, 4.69) is 15.3 Å². The van der Waals surface area contributed by atoms with Gasteiger partial charge in [0.15, 0.2) is 0 Å². The Labute approximate surface area is 146 Å². The summed E-state index contributed by atoms with van der Waals surface area (Å²) in [4.78, 5) is 34.1. The average Bonchev–Trinajstić information content (AvgIpc) is 3.21. The van der Waals surface area contributed by atoms with Crippen LogP contribution in [0, 0.1) is 12.8 Å². The van der Waals surface area contributed by atoms with Crippen LogP contribution in [0.5, 0.6) is 0 Å². The number of rotatable bonds is 3. The number of benzene rings is 1.